The summed E-state index contributed by atoms with van der Waals surface area (Å²) in [4.78, 5) is 14.7. The van der Waals surface area contributed by atoms with E-state index in [2.05, 4.69) is 33.7 Å². The summed E-state index contributed by atoms with van der Waals surface area (Å²) >= 11 is 0. The summed E-state index contributed by atoms with van der Waals surface area (Å²) in [6, 6.07) is 15.7. The number of rotatable bonds is 5. The summed E-state index contributed by atoms with van der Waals surface area (Å²) in [7, 11) is 0. The Labute approximate surface area is 163 Å². The lowest BCUT2D eigenvalue weighted by Gasteiger charge is -2.29. The van der Waals surface area contributed by atoms with E-state index in [9.17, 15) is 4.79 Å². The Hall–Kier alpha value is -3.22. The van der Waals surface area contributed by atoms with Crippen LogP contribution in [0.25, 0.3) is 0 Å². The van der Waals surface area contributed by atoms with Gasteiger partial charge in [0, 0.05) is 18.7 Å². The van der Waals surface area contributed by atoms with Crippen LogP contribution < -0.4 is 4.74 Å². The minimum absolute atomic E-state index is 0.0461. The summed E-state index contributed by atoms with van der Waals surface area (Å²) < 4.78 is 7.51. The van der Waals surface area contributed by atoms with Crippen LogP contribution in [0.5, 0.6) is 5.75 Å². The lowest BCUT2D eigenvalue weighted by atomic mass is 9.99. The Morgan fingerprint density at radius 1 is 1.11 bits per heavy atom. The number of tetrazole rings is 1. The van der Waals surface area contributed by atoms with E-state index in [1.54, 1.807) is 4.68 Å². The molecule has 0 saturated heterocycles. The van der Waals surface area contributed by atoms with Crippen LogP contribution in [0.1, 0.15) is 47.2 Å². The van der Waals surface area contributed by atoms with Gasteiger partial charge in [0.2, 0.25) is 0 Å². The zero-order chi connectivity index (χ0) is 19.5. The van der Waals surface area contributed by atoms with Crippen molar-refractivity contribution < 1.29 is 9.53 Å². The number of nitrogens with zero attached hydrogens (tertiary/aromatic N) is 5. The summed E-state index contributed by atoms with van der Waals surface area (Å²) in [5.41, 5.74) is 3.22. The van der Waals surface area contributed by atoms with Crippen LogP contribution in [-0.2, 0) is 19.6 Å². The van der Waals surface area contributed by atoms with E-state index in [-0.39, 0.29) is 18.6 Å². The number of benzene rings is 2. The Morgan fingerprint density at radius 2 is 1.86 bits per heavy atom. The smallest absolute Gasteiger partial charge is 0.254 e. The lowest BCUT2D eigenvalue weighted by Crippen LogP contribution is -2.35. The zero-order valence-corrected chi connectivity index (χ0v) is 16.1. The molecule has 0 aliphatic carbocycles. The van der Waals surface area contributed by atoms with E-state index in [1.807, 2.05) is 49.1 Å². The number of carbonyl (C=O) groups excluding carboxylic acids is 1. The van der Waals surface area contributed by atoms with Crippen molar-refractivity contribution in [2.24, 2.45) is 0 Å². The highest BCUT2D eigenvalue weighted by atomic mass is 16.5. The van der Waals surface area contributed by atoms with Gasteiger partial charge in [0.25, 0.3) is 5.91 Å². The summed E-state index contributed by atoms with van der Waals surface area (Å²) in [5, 5.41) is 11.6. The van der Waals surface area contributed by atoms with E-state index in [1.165, 1.54) is 11.1 Å². The first-order valence-electron chi connectivity index (χ1n) is 9.47. The molecule has 0 N–H and O–H groups in total. The molecule has 144 valence electrons. The van der Waals surface area contributed by atoms with Crippen molar-refractivity contribution in [2.75, 3.05) is 6.54 Å². The Morgan fingerprint density at radius 3 is 2.61 bits per heavy atom. The molecular weight excluding hydrogens is 354 g/mol. The highest BCUT2D eigenvalue weighted by Gasteiger charge is 2.21. The molecule has 0 spiro atoms. The van der Waals surface area contributed by atoms with Crippen LogP contribution >= 0.6 is 0 Å². The molecule has 1 aromatic heterocycles. The second-order valence-electron chi connectivity index (χ2n) is 7.19. The predicted octanol–water partition coefficient (Wildman–Crippen LogP) is 3.03. The molecule has 2 heterocycles. The Kier molecular flexibility index (Phi) is 5.06. The van der Waals surface area contributed by atoms with Crippen molar-refractivity contribution in [1.82, 2.24) is 25.1 Å². The monoisotopic (exact) mass is 377 g/mol. The lowest BCUT2D eigenvalue weighted by molar-refractivity contribution is 0.0734. The van der Waals surface area contributed by atoms with Crippen molar-refractivity contribution in [3.05, 3.63) is 71.0 Å². The molecule has 7 heteroatoms. The number of carbonyl (C=O) groups is 1. The van der Waals surface area contributed by atoms with Crippen LogP contribution in [0.2, 0.25) is 0 Å². The van der Waals surface area contributed by atoms with Crippen molar-refractivity contribution >= 4 is 5.91 Å². The second kappa shape index (κ2) is 7.80. The first-order valence-corrected chi connectivity index (χ1v) is 9.47. The summed E-state index contributed by atoms with van der Waals surface area (Å²) in [6.45, 7) is 5.71. The van der Waals surface area contributed by atoms with E-state index < -0.39 is 0 Å². The van der Waals surface area contributed by atoms with Gasteiger partial charge >= 0.3 is 0 Å². The van der Waals surface area contributed by atoms with Gasteiger partial charge in [-0.3, -0.25) is 4.79 Å². The molecule has 2 aromatic carbocycles. The quantitative estimate of drug-likeness (QED) is 0.683. The van der Waals surface area contributed by atoms with E-state index in [0.29, 0.717) is 23.7 Å². The molecule has 0 unspecified atom stereocenters. The van der Waals surface area contributed by atoms with Gasteiger partial charge in [-0.25, -0.2) is 4.68 Å². The number of ether oxygens (including phenoxy) is 1. The molecule has 0 bridgehead atoms. The molecule has 1 amide bonds. The number of hydrogen-bond donors (Lipinski definition) is 0. The average molecular weight is 377 g/mol. The predicted molar refractivity (Wildman–Crippen MR) is 104 cm³/mol. The maximum atomic E-state index is 12.8. The fourth-order valence-electron chi connectivity index (χ4n) is 3.40. The van der Waals surface area contributed by atoms with E-state index in [4.69, 9.17) is 4.74 Å². The standard InChI is InChI=1S/C21H23N5O2/c1-15(2)26-20(22-23-24-26)14-28-19-9-7-17(8-10-19)21(27)25-12-11-16-5-3-4-6-18(16)13-25/h3-10,15H,11-14H2,1-2H3. The van der Waals surface area contributed by atoms with Gasteiger partial charge in [-0.15, -0.1) is 5.10 Å². The van der Waals surface area contributed by atoms with Crippen LogP contribution in [0.15, 0.2) is 48.5 Å². The van der Waals surface area contributed by atoms with Crippen LogP contribution in [0.4, 0.5) is 0 Å². The van der Waals surface area contributed by atoms with Gasteiger partial charge in [0.1, 0.15) is 12.4 Å². The zero-order valence-electron chi connectivity index (χ0n) is 16.1. The van der Waals surface area contributed by atoms with Gasteiger partial charge in [0.15, 0.2) is 5.82 Å². The number of fused-ring (bicyclic) bond motifs is 1. The number of aromatic nitrogens is 4. The highest BCUT2D eigenvalue weighted by Crippen LogP contribution is 2.21. The normalized spacial score (nSPS) is 13.5. The first-order chi connectivity index (χ1) is 13.6. The molecule has 28 heavy (non-hydrogen) atoms. The number of hydrogen-bond acceptors (Lipinski definition) is 5. The molecule has 0 saturated carbocycles. The fraction of sp³-hybridized carbons (Fsp3) is 0.333. The van der Waals surface area contributed by atoms with Gasteiger partial charge in [-0.2, -0.15) is 0 Å². The first kappa shape index (κ1) is 18.2. The third-order valence-corrected chi connectivity index (χ3v) is 4.94. The minimum Gasteiger partial charge on any atom is -0.486 e. The Bertz CT molecular complexity index is 965. The largest absolute Gasteiger partial charge is 0.486 e. The van der Waals surface area contributed by atoms with E-state index in [0.717, 1.165) is 13.0 Å². The molecule has 0 atom stereocenters. The maximum Gasteiger partial charge on any atom is 0.254 e. The molecule has 4 rings (SSSR count). The van der Waals surface area contributed by atoms with Crippen LogP contribution in [0, 0.1) is 0 Å². The van der Waals surface area contributed by atoms with Crippen molar-refractivity contribution in [2.45, 2.75) is 39.5 Å². The SMILES string of the molecule is CC(C)n1nnnc1COc1ccc(C(=O)N2CCc3ccccc3C2)cc1. The maximum absolute atomic E-state index is 12.8. The van der Waals surface area contributed by atoms with Gasteiger partial charge in [-0.05, 0) is 66.1 Å². The van der Waals surface area contributed by atoms with Gasteiger partial charge in [-0.1, -0.05) is 24.3 Å². The van der Waals surface area contributed by atoms with Crippen LogP contribution in [-0.4, -0.2) is 37.6 Å². The molecule has 0 fully saturated rings. The number of amides is 1. The molecule has 3 aromatic rings. The third kappa shape index (κ3) is 3.74. The summed E-state index contributed by atoms with van der Waals surface area (Å²) in [5.74, 6) is 1.39. The fourth-order valence-corrected chi connectivity index (χ4v) is 3.40. The minimum atomic E-state index is 0.0461. The summed E-state index contributed by atoms with van der Waals surface area (Å²) in [6.07, 6.45) is 0.897. The van der Waals surface area contributed by atoms with Gasteiger partial charge < -0.3 is 9.64 Å². The second-order valence-corrected chi connectivity index (χ2v) is 7.19. The van der Waals surface area contributed by atoms with Crippen molar-refractivity contribution in [3.8, 4) is 5.75 Å². The van der Waals surface area contributed by atoms with Crippen molar-refractivity contribution in [3.63, 3.8) is 0 Å². The Balaban J connectivity index is 1.39. The average Bonchev–Trinajstić information content (AvgIpc) is 3.21. The molecule has 1 aliphatic rings. The third-order valence-electron chi connectivity index (χ3n) is 4.94. The highest BCUT2D eigenvalue weighted by molar-refractivity contribution is 5.94. The van der Waals surface area contributed by atoms with Gasteiger partial charge in [0.05, 0.1) is 6.04 Å². The molecule has 7 nitrogen and oxygen atoms in total. The molecule has 0 radical (unpaired) electrons. The van der Waals surface area contributed by atoms with E-state index >= 15 is 0 Å². The molecule has 1 aliphatic heterocycles. The van der Waals surface area contributed by atoms with Crippen molar-refractivity contribution in [1.29, 1.82) is 0 Å². The topological polar surface area (TPSA) is 73.1 Å². The molecular formula is C21H23N5O2. The van der Waals surface area contributed by atoms with Crippen LogP contribution in [0.3, 0.4) is 0 Å².